The highest BCUT2D eigenvalue weighted by Crippen LogP contribution is 2.17. The Morgan fingerprint density at radius 2 is 1.92 bits per heavy atom. The molecule has 0 bridgehead atoms. The SMILES string of the molecule is CCCc1nccc(N)c1CCC. The third kappa shape index (κ3) is 2.44. The molecule has 0 atom stereocenters. The summed E-state index contributed by atoms with van der Waals surface area (Å²) in [6, 6.07) is 1.89. The van der Waals surface area contributed by atoms with Crippen molar-refractivity contribution in [3.8, 4) is 0 Å². The van der Waals surface area contributed by atoms with Gasteiger partial charge in [-0.05, 0) is 24.5 Å². The first-order valence-electron chi connectivity index (χ1n) is 5.01. The van der Waals surface area contributed by atoms with Crippen molar-refractivity contribution < 1.29 is 0 Å². The zero-order chi connectivity index (χ0) is 9.68. The summed E-state index contributed by atoms with van der Waals surface area (Å²) in [6.07, 6.45) is 6.16. The van der Waals surface area contributed by atoms with E-state index in [-0.39, 0.29) is 0 Å². The predicted molar refractivity (Wildman–Crippen MR) is 56.6 cm³/mol. The van der Waals surface area contributed by atoms with Crippen molar-refractivity contribution in [3.05, 3.63) is 23.5 Å². The number of rotatable bonds is 4. The average Bonchev–Trinajstić information content (AvgIpc) is 2.11. The molecule has 0 saturated heterocycles. The van der Waals surface area contributed by atoms with Crippen LogP contribution < -0.4 is 5.73 Å². The molecule has 0 fully saturated rings. The molecule has 72 valence electrons. The summed E-state index contributed by atoms with van der Waals surface area (Å²) < 4.78 is 0. The van der Waals surface area contributed by atoms with Crippen LogP contribution in [-0.2, 0) is 12.8 Å². The lowest BCUT2D eigenvalue weighted by Crippen LogP contribution is -2.02. The molecule has 2 N–H and O–H groups in total. The first-order chi connectivity index (χ1) is 6.29. The zero-order valence-corrected chi connectivity index (χ0v) is 8.51. The van der Waals surface area contributed by atoms with E-state index in [2.05, 4.69) is 18.8 Å². The zero-order valence-electron chi connectivity index (χ0n) is 8.51. The Bertz CT molecular complexity index is 269. The Balaban J connectivity index is 2.95. The van der Waals surface area contributed by atoms with Crippen molar-refractivity contribution in [2.24, 2.45) is 0 Å². The van der Waals surface area contributed by atoms with Gasteiger partial charge in [0.2, 0.25) is 0 Å². The molecule has 0 aromatic carbocycles. The minimum Gasteiger partial charge on any atom is -0.398 e. The number of anilines is 1. The summed E-state index contributed by atoms with van der Waals surface area (Å²) in [5, 5.41) is 0. The van der Waals surface area contributed by atoms with Crippen LogP contribution in [0, 0.1) is 0 Å². The lowest BCUT2D eigenvalue weighted by molar-refractivity contribution is 0.831. The molecule has 2 nitrogen and oxygen atoms in total. The molecule has 0 aliphatic heterocycles. The molecule has 0 spiro atoms. The highest BCUT2D eigenvalue weighted by atomic mass is 14.7. The minimum absolute atomic E-state index is 0.903. The largest absolute Gasteiger partial charge is 0.398 e. The molecule has 0 saturated carbocycles. The fourth-order valence-electron chi connectivity index (χ4n) is 1.54. The molecule has 0 aliphatic rings. The van der Waals surface area contributed by atoms with Crippen molar-refractivity contribution in [1.82, 2.24) is 4.98 Å². The molecule has 1 aromatic rings. The Morgan fingerprint density at radius 3 is 2.54 bits per heavy atom. The number of aromatic nitrogens is 1. The van der Waals surface area contributed by atoms with E-state index in [0.29, 0.717) is 0 Å². The molecule has 1 aromatic heterocycles. The molecule has 0 aliphatic carbocycles. The fraction of sp³-hybridized carbons (Fsp3) is 0.545. The van der Waals surface area contributed by atoms with Crippen LogP contribution in [0.5, 0.6) is 0 Å². The van der Waals surface area contributed by atoms with E-state index >= 15 is 0 Å². The van der Waals surface area contributed by atoms with Crippen LogP contribution in [0.1, 0.15) is 37.9 Å². The average molecular weight is 178 g/mol. The van der Waals surface area contributed by atoms with Crippen LogP contribution in [0.15, 0.2) is 12.3 Å². The van der Waals surface area contributed by atoms with Crippen LogP contribution in [-0.4, -0.2) is 4.98 Å². The standard InChI is InChI=1S/C11H18N2/c1-3-5-9-10(12)7-8-13-11(9)6-4-2/h7-8H,3-6H2,1-2H3,(H2,12,13). The Hall–Kier alpha value is -1.05. The normalized spacial score (nSPS) is 10.3. The summed E-state index contributed by atoms with van der Waals surface area (Å²) in [4.78, 5) is 4.37. The van der Waals surface area contributed by atoms with E-state index in [9.17, 15) is 0 Å². The molecule has 13 heavy (non-hydrogen) atoms. The maximum absolute atomic E-state index is 5.90. The van der Waals surface area contributed by atoms with E-state index in [0.717, 1.165) is 31.4 Å². The van der Waals surface area contributed by atoms with Gasteiger partial charge in [-0.15, -0.1) is 0 Å². The van der Waals surface area contributed by atoms with Gasteiger partial charge in [0.15, 0.2) is 0 Å². The van der Waals surface area contributed by atoms with Gasteiger partial charge in [0.05, 0.1) is 0 Å². The van der Waals surface area contributed by atoms with Gasteiger partial charge in [-0.1, -0.05) is 26.7 Å². The quantitative estimate of drug-likeness (QED) is 0.769. The van der Waals surface area contributed by atoms with Gasteiger partial charge >= 0.3 is 0 Å². The molecular formula is C11H18N2. The van der Waals surface area contributed by atoms with Crippen LogP contribution >= 0.6 is 0 Å². The van der Waals surface area contributed by atoms with Gasteiger partial charge in [-0.3, -0.25) is 4.98 Å². The van der Waals surface area contributed by atoms with E-state index in [1.165, 1.54) is 11.3 Å². The molecule has 0 amide bonds. The summed E-state index contributed by atoms with van der Waals surface area (Å²) in [5.41, 5.74) is 9.24. The maximum atomic E-state index is 5.90. The minimum atomic E-state index is 0.903. The van der Waals surface area contributed by atoms with E-state index in [1.54, 1.807) is 6.20 Å². The highest BCUT2D eigenvalue weighted by Gasteiger charge is 2.05. The highest BCUT2D eigenvalue weighted by molar-refractivity contribution is 5.48. The van der Waals surface area contributed by atoms with Crippen molar-refractivity contribution >= 4 is 5.69 Å². The van der Waals surface area contributed by atoms with Crippen molar-refractivity contribution in [2.45, 2.75) is 39.5 Å². The predicted octanol–water partition coefficient (Wildman–Crippen LogP) is 2.57. The third-order valence-electron chi connectivity index (χ3n) is 2.17. The van der Waals surface area contributed by atoms with Crippen molar-refractivity contribution in [3.63, 3.8) is 0 Å². The first-order valence-corrected chi connectivity index (χ1v) is 5.01. The monoisotopic (exact) mass is 178 g/mol. The second kappa shape index (κ2) is 4.85. The van der Waals surface area contributed by atoms with Crippen molar-refractivity contribution in [1.29, 1.82) is 0 Å². The van der Waals surface area contributed by atoms with Crippen LogP contribution in [0.4, 0.5) is 5.69 Å². The Labute approximate surface area is 80.2 Å². The Kier molecular flexibility index (Phi) is 3.74. The molecule has 1 rings (SSSR count). The number of nitrogens with two attached hydrogens (primary N) is 1. The number of hydrogen-bond acceptors (Lipinski definition) is 2. The van der Waals surface area contributed by atoms with Gasteiger partial charge in [0.25, 0.3) is 0 Å². The topological polar surface area (TPSA) is 38.9 Å². The number of nitrogen functional groups attached to an aromatic ring is 1. The number of aryl methyl sites for hydroxylation is 1. The lowest BCUT2D eigenvalue weighted by atomic mass is 10.0. The molecule has 0 radical (unpaired) electrons. The first kappa shape index (κ1) is 10.0. The summed E-state index contributed by atoms with van der Waals surface area (Å²) >= 11 is 0. The molecule has 2 heteroatoms. The van der Waals surface area contributed by atoms with Crippen molar-refractivity contribution in [2.75, 3.05) is 5.73 Å². The fourth-order valence-corrected chi connectivity index (χ4v) is 1.54. The molecule has 1 heterocycles. The maximum Gasteiger partial charge on any atom is 0.0455 e. The second-order valence-electron chi connectivity index (χ2n) is 3.33. The van der Waals surface area contributed by atoms with Crippen LogP contribution in [0.2, 0.25) is 0 Å². The number of hydrogen-bond donors (Lipinski definition) is 1. The van der Waals surface area contributed by atoms with Crippen LogP contribution in [0.3, 0.4) is 0 Å². The number of pyridine rings is 1. The second-order valence-corrected chi connectivity index (χ2v) is 3.33. The van der Waals surface area contributed by atoms with Crippen LogP contribution in [0.25, 0.3) is 0 Å². The van der Waals surface area contributed by atoms with E-state index < -0.39 is 0 Å². The molecular weight excluding hydrogens is 160 g/mol. The molecule has 0 unspecified atom stereocenters. The van der Waals surface area contributed by atoms with E-state index in [1.807, 2.05) is 6.07 Å². The van der Waals surface area contributed by atoms with Gasteiger partial charge in [-0.25, -0.2) is 0 Å². The van der Waals surface area contributed by atoms with E-state index in [4.69, 9.17) is 5.73 Å². The summed E-state index contributed by atoms with van der Waals surface area (Å²) in [6.45, 7) is 4.34. The van der Waals surface area contributed by atoms with Gasteiger partial charge in [-0.2, -0.15) is 0 Å². The smallest absolute Gasteiger partial charge is 0.0455 e. The summed E-state index contributed by atoms with van der Waals surface area (Å²) in [5.74, 6) is 0. The van der Waals surface area contributed by atoms with Gasteiger partial charge < -0.3 is 5.73 Å². The lowest BCUT2D eigenvalue weighted by Gasteiger charge is -2.09. The summed E-state index contributed by atoms with van der Waals surface area (Å²) in [7, 11) is 0. The Morgan fingerprint density at radius 1 is 1.23 bits per heavy atom. The van der Waals surface area contributed by atoms with Gasteiger partial charge in [0, 0.05) is 17.6 Å². The third-order valence-corrected chi connectivity index (χ3v) is 2.17. The number of nitrogens with zero attached hydrogens (tertiary/aromatic N) is 1. The van der Waals surface area contributed by atoms with Gasteiger partial charge in [0.1, 0.15) is 0 Å².